The van der Waals surface area contributed by atoms with Gasteiger partial charge in [0.15, 0.2) is 11.6 Å². The first kappa shape index (κ1) is 14.2. The summed E-state index contributed by atoms with van der Waals surface area (Å²) in [7, 11) is 0. The minimum atomic E-state index is -4.26. The van der Waals surface area contributed by atoms with Crippen LogP contribution in [0.1, 0.15) is 24.8 Å². The van der Waals surface area contributed by atoms with Crippen LogP contribution in [-0.2, 0) is 6.42 Å². The van der Waals surface area contributed by atoms with Crippen LogP contribution in [0.15, 0.2) is 18.2 Å². The predicted octanol–water partition coefficient (Wildman–Crippen LogP) is 3.58. The average Bonchev–Trinajstić information content (AvgIpc) is 2.33. The van der Waals surface area contributed by atoms with Crippen LogP contribution < -0.4 is 5.32 Å². The third kappa shape index (κ3) is 3.65. The maximum atomic E-state index is 13.0. The van der Waals surface area contributed by atoms with Gasteiger partial charge in [-0.2, -0.15) is 13.2 Å². The van der Waals surface area contributed by atoms with E-state index in [0.717, 1.165) is 12.1 Å². The van der Waals surface area contributed by atoms with E-state index in [1.807, 2.05) is 0 Å². The SMILES string of the molecule is Fc1ccc(CC2CCCC(C(F)(F)F)N2)cc1F. The Balaban J connectivity index is 2.00. The molecule has 1 N–H and O–H groups in total. The second-order valence-corrected chi connectivity index (χ2v) is 4.84. The highest BCUT2D eigenvalue weighted by Gasteiger charge is 2.41. The van der Waals surface area contributed by atoms with Crippen LogP contribution in [0.4, 0.5) is 22.0 Å². The number of nitrogens with one attached hydrogen (secondary N) is 1. The van der Waals surface area contributed by atoms with E-state index < -0.39 is 23.9 Å². The summed E-state index contributed by atoms with van der Waals surface area (Å²) in [5, 5.41) is 2.53. The van der Waals surface area contributed by atoms with Crippen LogP contribution in [0, 0.1) is 11.6 Å². The van der Waals surface area contributed by atoms with Crippen molar-refractivity contribution in [2.24, 2.45) is 0 Å². The van der Waals surface area contributed by atoms with Gasteiger partial charge in [0.05, 0.1) is 0 Å². The van der Waals surface area contributed by atoms with E-state index >= 15 is 0 Å². The fraction of sp³-hybridized carbons (Fsp3) is 0.538. The smallest absolute Gasteiger partial charge is 0.303 e. The highest BCUT2D eigenvalue weighted by Crippen LogP contribution is 2.28. The second kappa shape index (κ2) is 5.45. The van der Waals surface area contributed by atoms with Crippen molar-refractivity contribution in [1.29, 1.82) is 0 Å². The summed E-state index contributed by atoms with van der Waals surface area (Å²) in [4.78, 5) is 0. The molecule has 1 aliphatic heterocycles. The average molecular weight is 279 g/mol. The lowest BCUT2D eigenvalue weighted by Gasteiger charge is -2.32. The van der Waals surface area contributed by atoms with Crippen molar-refractivity contribution in [2.75, 3.05) is 0 Å². The van der Waals surface area contributed by atoms with Crippen molar-refractivity contribution in [3.8, 4) is 0 Å². The van der Waals surface area contributed by atoms with Gasteiger partial charge in [-0.05, 0) is 43.4 Å². The molecule has 106 valence electrons. The Morgan fingerprint density at radius 1 is 1.11 bits per heavy atom. The monoisotopic (exact) mass is 279 g/mol. The van der Waals surface area contributed by atoms with Gasteiger partial charge in [-0.3, -0.25) is 0 Å². The minimum absolute atomic E-state index is 0.0672. The summed E-state index contributed by atoms with van der Waals surface area (Å²) in [6.45, 7) is 0. The summed E-state index contributed by atoms with van der Waals surface area (Å²) in [5.74, 6) is -1.92. The summed E-state index contributed by atoms with van der Waals surface area (Å²) in [5.41, 5.74) is 0.499. The van der Waals surface area contributed by atoms with Crippen LogP contribution in [0.25, 0.3) is 0 Å². The second-order valence-electron chi connectivity index (χ2n) is 4.84. The molecule has 2 rings (SSSR count). The van der Waals surface area contributed by atoms with Crippen LogP contribution in [-0.4, -0.2) is 18.3 Å². The zero-order valence-electron chi connectivity index (χ0n) is 10.1. The molecule has 1 aromatic carbocycles. The van der Waals surface area contributed by atoms with Gasteiger partial charge in [0.1, 0.15) is 6.04 Å². The summed E-state index contributed by atoms with van der Waals surface area (Å²) in [6.07, 6.45) is -2.84. The van der Waals surface area contributed by atoms with E-state index in [9.17, 15) is 22.0 Å². The van der Waals surface area contributed by atoms with E-state index in [1.165, 1.54) is 6.07 Å². The maximum absolute atomic E-state index is 13.0. The molecule has 1 heterocycles. The molecule has 1 fully saturated rings. The molecule has 2 atom stereocenters. The molecule has 0 amide bonds. The van der Waals surface area contributed by atoms with Gasteiger partial charge in [-0.1, -0.05) is 6.07 Å². The Morgan fingerprint density at radius 2 is 1.84 bits per heavy atom. The van der Waals surface area contributed by atoms with Crippen LogP contribution in [0.2, 0.25) is 0 Å². The summed E-state index contributed by atoms with van der Waals surface area (Å²) < 4.78 is 63.6. The Labute approximate surface area is 107 Å². The number of hydrogen-bond donors (Lipinski definition) is 1. The molecule has 0 saturated carbocycles. The van der Waals surface area contributed by atoms with Crippen molar-refractivity contribution in [3.05, 3.63) is 35.4 Å². The van der Waals surface area contributed by atoms with E-state index in [2.05, 4.69) is 5.32 Å². The van der Waals surface area contributed by atoms with E-state index in [4.69, 9.17) is 0 Å². The highest BCUT2D eigenvalue weighted by molar-refractivity contribution is 5.19. The molecule has 19 heavy (non-hydrogen) atoms. The predicted molar refractivity (Wildman–Crippen MR) is 60.7 cm³/mol. The van der Waals surface area contributed by atoms with Crippen LogP contribution in [0.3, 0.4) is 0 Å². The lowest BCUT2D eigenvalue weighted by molar-refractivity contribution is -0.163. The zero-order chi connectivity index (χ0) is 14.0. The molecule has 0 aromatic heterocycles. The third-order valence-electron chi connectivity index (χ3n) is 3.34. The van der Waals surface area contributed by atoms with Gasteiger partial charge >= 0.3 is 6.18 Å². The molecular formula is C13H14F5N. The van der Waals surface area contributed by atoms with Crippen molar-refractivity contribution >= 4 is 0 Å². The van der Waals surface area contributed by atoms with Crippen molar-refractivity contribution in [3.63, 3.8) is 0 Å². The van der Waals surface area contributed by atoms with Crippen LogP contribution >= 0.6 is 0 Å². The maximum Gasteiger partial charge on any atom is 0.403 e. The molecule has 0 aliphatic carbocycles. The molecule has 1 aromatic rings. The molecule has 1 nitrogen and oxygen atoms in total. The quantitative estimate of drug-likeness (QED) is 0.816. The van der Waals surface area contributed by atoms with Gasteiger partial charge in [0.25, 0.3) is 0 Å². The Bertz CT molecular complexity index is 443. The van der Waals surface area contributed by atoms with Gasteiger partial charge in [-0.15, -0.1) is 0 Å². The fourth-order valence-electron chi connectivity index (χ4n) is 2.39. The van der Waals surface area contributed by atoms with Crippen molar-refractivity contribution in [1.82, 2.24) is 5.32 Å². The fourth-order valence-corrected chi connectivity index (χ4v) is 2.39. The normalized spacial score (nSPS) is 24.5. The summed E-state index contributed by atoms with van der Waals surface area (Å²) in [6, 6.07) is 1.57. The molecule has 1 aliphatic rings. The largest absolute Gasteiger partial charge is 0.403 e. The molecule has 0 spiro atoms. The molecule has 1 saturated heterocycles. The lowest BCUT2D eigenvalue weighted by atomic mass is 9.93. The lowest BCUT2D eigenvalue weighted by Crippen LogP contribution is -2.51. The first-order valence-corrected chi connectivity index (χ1v) is 6.13. The van der Waals surface area contributed by atoms with Crippen molar-refractivity contribution in [2.45, 2.75) is 43.9 Å². The number of benzene rings is 1. The topological polar surface area (TPSA) is 12.0 Å². The Morgan fingerprint density at radius 3 is 2.47 bits per heavy atom. The zero-order valence-corrected chi connectivity index (χ0v) is 10.1. The first-order valence-electron chi connectivity index (χ1n) is 6.13. The van der Waals surface area contributed by atoms with Gasteiger partial charge in [-0.25, -0.2) is 8.78 Å². The first-order chi connectivity index (χ1) is 8.86. The minimum Gasteiger partial charge on any atom is -0.303 e. The third-order valence-corrected chi connectivity index (χ3v) is 3.34. The van der Waals surface area contributed by atoms with Gasteiger partial charge in [0, 0.05) is 6.04 Å². The molecule has 6 heteroatoms. The molecule has 0 bridgehead atoms. The number of piperidine rings is 1. The highest BCUT2D eigenvalue weighted by atomic mass is 19.4. The number of rotatable bonds is 2. The van der Waals surface area contributed by atoms with E-state index in [1.54, 1.807) is 0 Å². The molecule has 2 unspecified atom stereocenters. The Kier molecular flexibility index (Phi) is 4.08. The summed E-state index contributed by atoms with van der Waals surface area (Å²) >= 11 is 0. The number of alkyl halides is 3. The number of halogens is 5. The standard InChI is InChI=1S/C13H14F5N/c14-10-5-4-8(7-11(10)15)6-9-2-1-3-12(19-9)13(16,17)18/h4-5,7,9,12,19H,1-3,6H2. The van der Waals surface area contributed by atoms with Crippen LogP contribution in [0.5, 0.6) is 0 Å². The Hall–Kier alpha value is -1.17. The van der Waals surface area contributed by atoms with E-state index in [0.29, 0.717) is 18.4 Å². The molecular weight excluding hydrogens is 265 g/mol. The number of hydrogen-bond acceptors (Lipinski definition) is 1. The molecule has 0 radical (unpaired) electrons. The van der Waals surface area contributed by atoms with E-state index in [-0.39, 0.29) is 18.9 Å². The van der Waals surface area contributed by atoms with Gasteiger partial charge in [0.2, 0.25) is 0 Å². The van der Waals surface area contributed by atoms with Crippen molar-refractivity contribution < 1.29 is 22.0 Å². The van der Waals surface area contributed by atoms with Gasteiger partial charge < -0.3 is 5.32 Å².